The number of carbonyl (C=O) groups excluding carboxylic acids is 1. The van der Waals surface area contributed by atoms with Crippen molar-refractivity contribution in [1.29, 1.82) is 0 Å². The number of hydrogen-bond donors (Lipinski definition) is 0. The number of ether oxygens (including phenoxy) is 1. The number of carbonyl (C=O) groups is 1. The van der Waals surface area contributed by atoms with Gasteiger partial charge in [0.05, 0.1) is 6.42 Å². The fourth-order valence-corrected chi connectivity index (χ4v) is 2.51. The van der Waals surface area contributed by atoms with E-state index in [9.17, 15) is 4.79 Å². The number of halogens is 1. The highest BCUT2D eigenvalue weighted by molar-refractivity contribution is 6.31. The summed E-state index contributed by atoms with van der Waals surface area (Å²) in [7, 11) is 0. The summed E-state index contributed by atoms with van der Waals surface area (Å²) < 4.78 is 5.37. The molecule has 0 N–H and O–H groups in total. The van der Waals surface area contributed by atoms with Crippen molar-refractivity contribution in [2.75, 3.05) is 0 Å². The highest BCUT2D eigenvalue weighted by Gasteiger charge is 2.09. The van der Waals surface area contributed by atoms with Crippen molar-refractivity contribution in [2.24, 2.45) is 0 Å². The van der Waals surface area contributed by atoms with Gasteiger partial charge < -0.3 is 4.74 Å². The quantitative estimate of drug-likeness (QED) is 0.490. The maximum atomic E-state index is 12.0. The van der Waals surface area contributed by atoms with Crippen molar-refractivity contribution in [1.82, 2.24) is 0 Å². The largest absolute Gasteiger partial charge is 0.426 e. The molecule has 0 bridgehead atoms. The lowest BCUT2D eigenvalue weighted by molar-refractivity contribution is -0.133. The molecule has 23 heavy (non-hydrogen) atoms. The van der Waals surface area contributed by atoms with Crippen molar-refractivity contribution in [3.63, 3.8) is 0 Å². The summed E-state index contributed by atoms with van der Waals surface area (Å²) in [5.74, 6) is 0.201. The first-order valence-corrected chi connectivity index (χ1v) is 7.70. The zero-order valence-corrected chi connectivity index (χ0v) is 13.2. The highest BCUT2D eigenvalue weighted by atomic mass is 35.5. The Hall–Kier alpha value is -2.58. The summed E-state index contributed by atoms with van der Waals surface area (Å²) in [6.07, 6.45) is 0.153. The molecule has 3 rings (SSSR count). The molecule has 0 heterocycles. The van der Waals surface area contributed by atoms with Gasteiger partial charge >= 0.3 is 5.97 Å². The molecule has 0 spiro atoms. The predicted octanol–water partition coefficient (Wildman–Crippen LogP) is 5.16. The Balaban J connectivity index is 1.66. The van der Waals surface area contributed by atoms with Crippen LogP contribution < -0.4 is 4.74 Å². The Labute approximate surface area is 140 Å². The van der Waals surface area contributed by atoms with Crippen molar-refractivity contribution >= 4 is 17.6 Å². The van der Waals surface area contributed by atoms with Crippen molar-refractivity contribution in [3.05, 3.63) is 89.4 Å². The van der Waals surface area contributed by atoms with Crippen LogP contribution in [-0.4, -0.2) is 5.97 Å². The van der Waals surface area contributed by atoms with Gasteiger partial charge in [-0.2, -0.15) is 0 Å². The second kappa shape index (κ2) is 7.12. The Kier molecular flexibility index (Phi) is 4.74. The van der Waals surface area contributed by atoms with Crippen LogP contribution in [0, 0.1) is 0 Å². The Morgan fingerprint density at radius 3 is 2.09 bits per heavy atom. The molecule has 0 amide bonds. The molecule has 0 radical (unpaired) electrons. The van der Waals surface area contributed by atoms with Crippen LogP contribution in [0.15, 0.2) is 78.9 Å². The van der Waals surface area contributed by atoms with E-state index < -0.39 is 0 Å². The van der Waals surface area contributed by atoms with E-state index in [2.05, 4.69) is 0 Å². The van der Waals surface area contributed by atoms with Crippen LogP contribution in [-0.2, 0) is 11.2 Å². The second-order valence-electron chi connectivity index (χ2n) is 5.13. The lowest BCUT2D eigenvalue weighted by atomic mass is 10.1. The van der Waals surface area contributed by atoms with Crippen LogP contribution >= 0.6 is 11.6 Å². The molecule has 0 aliphatic heterocycles. The van der Waals surface area contributed by atoms with E-state index in [4.69, 9.17) is 16.3 Å². The van der Waals surface area contributed by atoms with Gasteiger partial charge in [0, 0.05) is 5.02 Å². The normalized spacial score (nSPS) is 10.3. The van der Waals surface area contributed by atoms with Gasteiger partial charge in [0.1, 0.15) is 5.75 Å². The molecule has 0 unspecified atom stereocenters. The molecular formula is C20H15ClO2. The van der Waals surface area contributed by atoms with Gasteiger partial charge in [-0.05, 0) is 34.9 Å². The maximum absolute atomic E-state index is 12.0. The zero-order valence-electron chi connectivity index (χ0n) is 12.4. The monoisotopic (exact) mass is 322 g/mol. The molecule has 2 nitrogen and oxygen atoms in total. The Bertz CT molecular complexity index is 795. The van der Waals surface area contributed by atoms with Gasteiger partial charge in [0.2, 0.25) is 0 Å². The molecule has 0 saturated heterocycles. The van der Waals surface area contributed by atoms with Gasteiger partial charge in [0.15, 0.2) is 0 Å². The third-order valence-corrected chi connectivity index (χ3v) is 3.85. The lowest BCUT2D eigenvalue weighted by Crippen LogP contribution is -2.11. The van der Waals surface area contributed by atoms with Gasteiger partial charge in [0.25, 0.3) is 0 Å². The van der Waals surface area contributed by atoms with Gasteiger partial charge in [-0.25, -0.2) is 0 Å². The molecule has 0 aliphatic carbocycles. The molecule has 114 valence electrons. The number of benzene rings is 3. The average Bonchev–Trinajstić information content (AvgIpc) is 2.58. The lowest BCUT2D eigenvalue weighted by Gasteiger charge is -2.07. The van der Waals surface area contributed by atoms with E-state index in [0.29, 0.717) is 10.8 Å². The third-order valence-electron chi connectivity index (χ3n) is 3.49. The van der Waals surface area contributed by atoms with E-state index in [-0.39, 0.29) is 12.4 Å². The zero-order chi connectivity index (χ0) is 16.1. The molecule has 3 aromatic carbocycles. The summed E-state index contributed by atoms with van der Waals surface area (Å²) in [5, 5.41) is 0.573. The van der Waals surface area contributed by atoms with Crippen LogP contribution in [0.25, 0.3) is 11.1 Å². The predicted molar refractivity (Wildman–Crippen MR) is 92.7 cm³/mol. The van der Waals surface area contributed by atoms with Crippen molar-refractivity contribution < 1.29 is 9.53 Å². The molecule has 0 saturated carbocycles. The Morgan fingerprint density at radius 2 is 1.39 bits per heavy atom. The smallest absolute Gasteiger partial charge is 0.315 e. The molecule has 0 atom stereocenters. The average molecular weight is 323 g/mol. The summed E-state index contributed by atoms with van der Waals surface area (Å²) in [6, 6.07) is 24.8. The van der Waals surface area contributed by atoms with Crippen LogP contribution in [0.1, 0.15) is 5.56 Å². The highest BCUT2D eigenvalue weighted by Crippen LogP contribution is 2.22. The number of esters is 1. The van der Waals surface area contributed by atoms with E-state index in [1.165, 1.54) is 0 Å². The molecular weight excluding hydrogens is 308 g/mol. The van der Waals surface area contributed by atoms with Crippen LogP contribution in [0.4, 0.5) is 0 Å². The fourth-order valence-electron chi connectivity index (χ4n) is 2.31. The fraction of sp³-hybridized carbons (Fsp3) is 0.0500. The minimum atomic E-state index is -0.328. The van der Waals surface area contributed by atoms with Crippen LogP contribution in [0.3, 0.4) is 0 Å². The van der Waals surface area contributed by atoms with Gasteiger partial charge in [-0.1, -0.05) is 72.3 Å². The Morgan fingerprint density at radius 1 is 0.783 bits per heavy atom. The molecule has 3 aromatic rings. The van der Waals surface area contributed by atoms with Crippen molar-refractivity contribution in [2.45, 2.75) is 6.42 Å². The summed E-state index contributed by atoms with van der Waals surface area (Å²) >= 11 is 6.05. The van der Waals surface area contributed by atoms with E-state index in [1.807, 2.05) is 60.7 Å². The van der Waals surface area contributed by atoms with E-state index >= 15 is 0 Å². The van der Waals surface area contributed by atoms with E-state index in [0.717, 1.165) is 16.7 Å². The number of rotatable bonds is 4. The maximum Gasteiger partial charge on any atom is 0.315 e. The third kappa shape index (κ3) is 3.99. The molecule has 0 fully saturated rings. The SMILES string of the molecule is O=C(Cc1ccccc1Cl)Oc1ccc(-c2ccccc2)cc1. The van der Waals surface area contributed by atoms with E-state index in [1.54, 1.807) is 18.2 Å². The second-order valence-corrected chi connectivity index (χ2v) is 5.54. The molecule has 0 aromatic heterocycles. The standard InChI is InChI=1S/C20H15ClO2/c21-19-9-5-4-8-17(19)14-20(22)23-18-12-10-16(11-13-18)15-6-2-1-3-7-15/h1-13H,14H2. The first-order chi connectivity index (χ1) is 11.2. The summed E-state index contributed by atoms with van der Waals surface area (Å²) in [5.41, 5.74) is 2.97. The number of hydrogen-bond acceptors (Lipinski definition) is 2. The van der Waals surface area contributed by atoms with Gasteiger partial charge in [-0.15, -0.1) is 0 Å². The van der Waals surface area contributed by atoms with Gasteiger partial charge in [-0.3, -0.25) is 4.79 Å². The summed E-state index contributed by atoms with van der Waals surface area (Å²) in [6.45, 7) is 0. The molecule has 0 aliphatic rings. The topological polar surface area (TPSA) is 26.3 Å². The first-order valence-electron chi connectivity index (χ1n) is 7.32. The molecule has 3 heteroatoms. The van der Waals surface area contributed by atoms with Crippen LogP contribution in [0.2, 0.25) is 5.02 Å². The van der Waals surface area contributed by atoms with Crippen molar-refractivity contribution in [3.8, 4) is 16.9 Å². The summed E-state index contributed by atoms with van der Waals surface area (Å²) in [4.78, 5) is 12.0. The minimum absolute atomic E-state index is 0.153. The first kappa shape index (κ1) is 15.3. The minimum Gasteiger partial charge on any atom is -0.426 e. The van der Waals surface area contributed by atoms with Crippen LogP contribution in [0.5, 0.6) is 5.75 Å².